The first kappa shape index (κ1) is 19.3. The minimum atomic E-state index is -3.56. The average Bonchev–Trinajstić information content (AvgIpc) is 3.12. The highest BCUT2D eigenvalue weighted by atomic mass is 32.2. The van der Waals surface area contributed by atoms with Crippen molar-refractivity contribution in [2.75, 3.05) is 51.9 Å². The first-order chi connectivity index (χ1) is 13.1. The molecule has 0 spiro atoms. The molecule has 0 unspecified atom stereocenters. The van der Waals surface area contributed by atoms with E-state index in [0.717, 1.165) is 0 Å². The second-order valence-electron chi connectivity index (χ2n) is 5.77. The lowest BCUT2D eigenvalue weighted by Crippen LogP contribution is -2.40. The third-order valence-corrected chi connectivity index (χ3v) is 5.95. The molecule has 144 valence electrons. The fourth-order valence-corrected chi connectivity index (χ4v) is 4.02. The van der Waals surface area contributed by atoms with Gasteiger partial charge in [0.25, 0.3) is 0 Å². The Kier molecular flexibility index (Phi) is 6.08. The smallest absolute Gasteiger partial charge is 0.243 e. The molecule has 3 rings (SSSR count). The summed E-state index contributed by atoms with van der Waals surface area (Å²) in [6.45, 7) is 2.39. The van der Waals surface area contributed by atoms with Gasteiger partial charge in [-0.1, -0.05) is 0 Å². The van der Waals surface area contributed by atoms with E-state index in [0.29, 0.717) is 45.0 Å². The molecule has 10 heteroatoms. The molecule has 9 nitrogen and oxygen atoms in total. The number of oxazole rings is 1. The maximum Gasteiger partial charge on any atom is 0.243 e. The minimum absolute atomic E-state index is 0.131. The van der Waals surface area contributed by atoms with Crippen LogP contribution in [0, 0.1) is 11.3 Å². The van der Waals surface area contributed by atoms with Crippen LogP contribution in [0.5, 0.6) is 0 Å². The lowest BCUT2D eigenvalue weighted by atomic mass is 10.2. The van der Waals surface area contributed by atoms with E-state index in [2.05, 4.69) is 10.3 Å². The van der Waals surface area contributed by atoms with Gasteiger partial charge in [-0.25, -0.2) is 8.42 Å². The predicted octanol–water partition coefficient (Wildman–Crippen LogP) is 1.29. The maximum absolute atomic E-state index is 12.7. The summed E-state index contributed by atoms with van der Waals surface area (Å²) in [4.78, 5) is 4.35. The Morgan fingerprint density at radius 3 is 2.63 bits per heavy atom. The summed E-state index contributed by atoms with van der Waals surface area (Å²) < 4.78 is 42.5. The largest absolute Gasteiger partial charge is 0.419 e. The van der Waals surface area contributed by atoms with Crippen molar-refractivity contribution >= 4 is 15.9 Å². The van der Waals surface area contributed by atoms with Gasteiger partial charge < -0.3 is 19.2 Å². The molecule has 0 amide bonds. The van der Waals surface area contributed by atoms with E-state index in [1.165, 1.54) is 16.4 Å². The van der Waals surface area contributed by atoms with Crippen molar-refractivity contribution in [2.24, 2.45) is 0 Å². The van der Waals surface area contributed by atoms with Crippen molar-refractivity contribution in [1.82, 2.24) is 9.29 Å². The van der Waals surface area contributed by atoms with Crippen LogP contribution < -0.4 is 5.32 Å². The summed E-state index contributed by atoms with van der Waals surface area (Å²) in [7, 11) is -1.99. The molecular weight excluding hydrogens is 372 g/mol. The Balaban J connectivity index is 1.80. The van der Waals surface area contributed by atoms with Crippen LogP contribution in [0.2, 0.25) is 0 Å². The summed E-state index contributed by atoms with van der Waals surface area (Å²) >= 11 is 0. The van der Waals surface area contributed by atoms with Gasteiger partial charge in [-0.15, -0.1) is 0 Å². The van der Waals surface area contributed by atoms with Crippen LogP contribution in [0.3, 0.4) is 0 Å². The number of methoxy groups -OCH3 is 1. The van der Waals surface area contributed by atoms with Gasteiger partial charge in [0.05, 0.1) is 24.7 Å². The van der Waals surface area contributed by atoms with E-state index >= 15 is 0 Å². The molecule has 27 heavy (non-hydrogen) atoms. The third kappa shape index (κ3) is 4.28. The zero-order chi connectivity index (χ0) is 19.3. The maximum atomic E-state index is 12.7. The Hall–Kier alpha value is -2.45. The van der Waals surface area contributed by atoms with Crippen molar-refractivity contribution in [3.8, 4) is 17.5 Å². The van der Waals surface area contributed by atoms with Crippen LogP contribution in [0.4, 0.5) is 5.88 Å². The van der Waals surface area contributed by atoms with Crippen molar-refractivity contribution in [2.45, 2.75) is 4.90 Å². The van der Waals surface area contributed by atoms with Gasteiger partial charge >= 0.3 is 0 Å². The van der Waals surface area contributed by atoms with Gasteiger partial charge in [-0.05, 0) is 24.3 Å². The van der Waals surface area contributed by atoms with Gasteiger partial charge in [0.1, 0.15) is 6.07 Å². The number of sulfonamides is 1. The summed E-state index contributed by atoms with van der Waals surface area (Å²) in [6.07, 6.45) is 0. The Morgan fingerprint density at radius 2 is 2.00 bits per heavy atom. The highest BCUT2D eigenvalue weighted by molar-refractivity contribution is 7.89. The molecule has 0 saturated carbocycles. The number of anilines is 1. The second-order valence-corrected chi connectivity index (χ2v) is 7.71. The number of hydrogen-bond donors (Lipinski definition) is 1. The molecule has 1 N–H and O–H groups in total. The predicted molar refractivity (Wildman–Crippen MR) is 96.6 cm³/mol. The van der Waals surface area contributed by atoms with Crippen molar-refractivity contribution in [1.29, 1.82) is 5.26 Å². The molecule has 0 bridgehead atoms. The standard InChI is InChI=1S/C17H20N4O5S/c1-24-9-6-19-17-15(12-18)20-16(26-17)13-2-4-14(5-3-13)27(22,23)21-7-10-25-11-8-21/h2-5,19H,6-11H2,1H3. The number of nitriles is 1. The third-order valence-electron chi connectivity index (χ3n) is 4.03. The molecule has 1 aromatic carbocycles. The molecule has 0 aliphatic carbocycles. The van der Waals surface area contributed by atoms with E-state index in [9.17, 15) is 13.7 Å². The quantitative estimate of drug-likeness (QED) is 0.701. The second kappa shape index (κ2) is 8.49. The number of ether oxygens (including phenoxy) is 2. The van der Waals surface area contributed by atoms with E-state index < -0.39 is 10.0 Å². The number of aromatic nitrogens is 1. The molecule has 2 aromatic rings. The van der Waals surface area contributed by atoms with Crippen LogP contribution >= 0.6 is 0 Å². The summed E-state index contributed by atoms with van der Waals surface area (Å²) in [5, 5.41) is 12.1. The molecule has 2 heterocycles. The number of nitrogens with zero attached hydrogens (tertiary/aromatic N) is 3. The van der Waals surface area contributed by atoms with E-state index in [1.54, 1.807) is 19.2 Å². The zero-order valence-corrected chi connectivity index (χ0v) is 15.7. The van der Waals surface area contributed by atoms with Crippen LogP contribution in [0.1, 0.15) is 5.69 Å². The monoisotopic (exact) mass is 392 g/mol. The Bertz CT molecular complexity index is 912. The van der Waals surface area contributed by atoms with Gasteiger partial charge in [0.2, 0.25) is 27.5 Å². The van der Waals surface area contributed by atoms with E-state index in [1.807, 2.05) is 6.07 Å². The number of morpholine rings is 1. The van der Waals surface area contributed by atoms with Gasteiger partial charge in [-0.2, -0.15) is 14.6 Å². The Morgan fingerprint density at radius 1 is 1.30 bits per heavy atom. The zero-order valence-electron chi connectivity index (χ0n) is 14.8. The first-order valence-electron chi connectivity index (χ1n) is 8.38. The molecule has 1 saturated heterocycles. The Labute approximate surface area is 157 Å². The van der Waals surface area contributed by atoms with Crippen LogP contribution in [-0.4, -0.2) is 64.3 Å². The molecule has 1 fully saturated rings. The summed E-state index contributed by atoms with van der Waals surface area (Å²) in [6, 6.07) is 8.21. The lowest BCUT2D eigenvalue weighted by molar-refractivity contribution is 0.0730. The average molecular weight is 392 g/mol. The van der Waals surface area contributed by atoms with Gasteiger partial charge in [0, 0.05) is 32.3 Å². The molecular formula is C17H20N4O5S. The van der Waals surface area contributed by atoms with E-state index in [-0.39, 0.29) is 22.4 Å². The lowest BCUT2D eigenvalue weighted by Gasteiger charge is -2.26. The number of nitrogens with one attached hydrogen (secondary N) is 1. The minimum Gasteiger partial charge on any atom is -0.419 e. The highest BCUT2D eigenvalue weighted by Gasteiger charge is 2.26. The summed E-state index contributed by atoms with van der Waals surface area (Å²) in [5.41, 5.74) is 0.707. The molecule has 0 atom stereocenters. The number of rotatable bonds is 7. The molecule has 1 aliphatic heterocycles. The van der Waals surface area contributed by atoms with Crippen LogP contribution in [-0.2, 0) is 19.5 Å². The van der Waals surface area contributed by atoms with Crippen LogP contribution in [0.15, 0.2) is 33.6 Å². The van der Waals surface area contributed by atoms with Gasteiger partial charge in [0.15, 0.2) is 0 Å². The topological polar surface area (TPSA) is 118 Å². The number of benzene rings is 1. The molecule has 1 aromatic heterocycles. The van der Waals surface area contributed by atoms with Crippen molar-refractivity contribution in [3.05, 3.63) is 30.0 Å². The molecule has 1 aliphatic rings. The van der Waals surface area contributed by atoms with Crippen LogP contribution in [0.25, 0.3) is 11.5 Å². The fraction of sp³-hybridized carbons (Fsp3) is 0.412. The highest BCUT2D eigenvalue weighted by Crippen LogP contribution is 2.27. The number of hydrogen-bond acceptors (Lipinski definition) is 8. The van der Waals surface area contributed by atoms with E-state index in [4.69, 9.17) is 13.9 Å². The fourth-order valence-electron chi connectivity index (χ4n) is 2.61. The molecule has 0 radical (unpaired) electrons. The van der Waals surface area contributed by atoms with Crippen molar-refractivity contribution in [3.63, 3.8) is 0 Å². The normalized spacial score (nSPS) is 15.4. The van der Waals surface area contributed by atoms with Crippen molar-refractivity contribution < 1.29 is 22.3 Å². The summed E-state index contributed by atoms with van der Waals surface area (Å²) in [5.74, 6) is 0.497. The SMILES string of the molecule is COCCNc1oc(-c2ccc(S(=O)(=O)N3CCOCC3)cc2)nc1C#N. The van der Waals surface area contributed by atoms with Gasteiger partial charge in [-0.3, -0.25) is 0 Å². The first-order valence-corrected chi connectivity index (χ1v) is 9.82.